The molecule has 0 spiro atoms. The summed E-state index contributed by atoms with van der Waals surface area (Å²) < 4.78 is 8.70. The van der Waals surface area contributed by atoms with Crippen molar-refractivity contribution in [2.75, 3.05) is 9.80 Å². The summed E-state index contributed by atoms with van der Waals surface area (Å²) in [4.78, 5) is 4.35. The van der Waals surface area contributed by atoms with Crippen LogP contribution in [-0.4, -0.2) is 4.57 Å². The molecule has 1 aliphatic heterocycles. The Morgan fingerprint density at radius 2 is 1.37 bits per heavy atom. The molecular formula is C41H31N3OPt. The maximum Gasteiger partial charge on any atom is 4.00 e. The van der Waals surface area contributed by atoms with E-state index >= 15 is 0 Å². The number of nitrogens with zero attached hydrogens (tertiary/aromatic N) is 3. The summed E-state index contributed by atoms with van der Waals surface area (Å²) in [6.07, 6.45) is 0. The molecule has 0 saturated carbocycles. The maximum atomic E-state index is 6.43. The maximum absolute atomic E-state index is 6.43. The second-order valence-electron chi connectivity index (χ2n) is 12.3. The molecule has 0 radical (unpaired) electrons. The van der Waals surface area contributed by atoms with Crippen LogP contribution in [0, 0.1) is 24.9 Å². The quantitative estimate of drug-likeness (QED) is 0.162. The van der Waals surface area contributed by atoms with Gasteiger partial charge in [-0.25, -0.2) is 0 Å². The van der Waals surface area contributed by atoms with Gasteiger partial charge in [0.2, 0.25) is 0 Å². The Hall–Kier alpha value is -4.79. The van der Waals surface area contributed by atoms with Crippen LogP contribution in [0.25, 0.3) is 27.5 Å². The fourth-order valence-corrected chi connectivity index (χ4v) is 6.11. The first-order chi connectivity index (χ1) is 21.9. The summed E-state index contributed by atoms with van der Waals surface area (Å²) in [7, 11) is 0. The number of benzene rings is 6. The number of ether oxygens (including phenoxy) is 1. The van der Waals surface area contributed by atoms with Crippen LogP contribution in [0.15, 0.2) is 127 Å². The van der Waals surface area contributed by atoms with Crippen molar-refractivity contribution < 1.29 is 25.8 Å². The van der Waals surface area contributed by atoms with Crippen LogP contribution in [0.2, 0.25) is 0 Å². The molecule has 6 aromatic carbocycles. The van der Waals surface area contributed by atoms with Crippen LogP contribution in [0.1, 0.15) is 26.3 Å². The van der Waals surface area contributed by atoms with Crippen LogP contribution in [0.3, 0.4) is 0 Å². The van der Waals surface area contributed by atoms with Gasteiger partial charge in [0.05, 0.1) is 0 Å². The van der Waals surface area contributed by atoms with Crippen LogP contribution in [0.5, 0.6) is 11.5 Å². The van der Waals surface area contributed by atoms with E-state index in [0.29, 0.717) is 11.5 Å². The van der Waals surface area contributed by atoms with Crippen molar-refractivity contribution in [3.8, 4) is 17.2 Å². The summed E-state index contributed by atoms with van der Waals surface area (Å²) in [5.74, 6) is 1.27. The van der Waals surface area contributed by atoms with Gasteiger partial charge in [-0.15, -0.1) is 54.8 Å². The first kappa shape index (κ1) is 29.9. The Labute approximate surface area is 284 Å². The van der Waals surface area contributed by atoms with Crippen LogP contribution in [0.4, 0.5) is 22.7 Å². The molecule has 2 heterocycles. The smallest absolute Gasteiger partial charge is 0.509 e. The molecule has 0 fully saturated rings. The van der Waals surface area contributed by atoms with Gasteiger partial charge in [0, 0.05) is 34.1 Å². The number of hydrogen-bond acceptors (Lipinski definition) is 3. The number of rotatable bonds is 5. The third kappa shape index (κ3) is 5.27. The van der Waals surface area contributed by atoms with E-state index in [2.05, 4.69) is 157 Å². The second-order valence-corrected chi connectivity index (χ2v) is 12.3. The van der Waals surface area contributed by atoms with Gasteiger partial charge < -0.3 is 19.1 Å². The molecule has 0 amide bonds. The second kappa shape index (κ2) is 11.9. The SMILES string of the molecule is CC(C)(C)c1cc[c-]c(-n2c3c[c-]c(Oc4[c-]c(N5[CH-]N(c6ccccc6)c6ccccc65)ccc4)cc3c3ccccc32)c1.[Pt+4]. The van der Waals surface area contributed by atoms with Gasteiger partial charge in [0.1, 0.15) is 0 Å². The van der Waals surface area contributed by atoms with Gasteiger partial charge in [0.25, 0.3) is 0 Å². The van der Waals surface area contributed by atoms with E-state index in [9.17, 15) is 0 Å². The molecule has 0 unspecified atom stereocenters. The number of anilines is 4. The molecular weight excluding hydrogens is 746 g/mol. The zero-order valence-electron chi connectivity index (χ0n) is 25.8. The number of hydrogen-bond donors (Lipinski definition) is 0. The van der Waals surface area contributed by atoms with Gasteiger partial charge in [0.15, 0.2) is 0 Å². The van der Waals surface area contributed by atoms with Crippen molar-refractivity contribution in [2.24, 2.45) is 0 Å². The minimum Gasteiger partial charge on any atom is -0.509 e. The number of fused-ring (bicyclic) bond motifs is 4. The van der Waals surface area contributed by atoms with E-state index in [1.165, 1.54) is 5.56 Å². The zero-order chi connectivity index (χ0) is 30.5. The molecule has 7 aromatic rings. The Morgan fingerprint density at radius 1 is 0.630 bits per heavy atom. The number of para-hydroxylation sites is 4. The average Bonchev–Trinajstić information content (AvgIpc) is 3.61. The summed E-state index contributed by atoms with van der Waals surface area (Å²) in [6, 6.07) is 54.1. The minimum absolute atomic E-state index is 0. The van der Waals surface area contributed by atoms with Crippen molar-refractivity contribution >= 4 is 44.6 Å². The summed E-state index contributed by atoms with van der Waals surface area (Å²) in [5, 5.41) is 2.26. The monoisotopic (exact) mass is 776 g/mol. The van der Waals surface area contributed by atoms with Gasteiger partial charge in [-0.05, 0) is 41.1 Å². The number of aromatic nitrogens is 1. The van der Waals surface area contributed by atoms with Crippen LogP contribution < -0.4 is 14.5 Å². The Kier molecular flexibility index (Phi) is 7.70. The van der Waals surface area contributed by atoms with Crippen molar-refractivity contribution in [2.45, 2.75) is 26.2 Å². The van der Waals surface area contributed by atoms with Crippen molar-refractivity contribution in [3.63, 3.8) is 0 Å². The fraction of sp³-hybridized carbons (Fsp3) is 0.0976. The van der Waals surface area contributed by atoms with Crippen LogP contribution >= 0.6 is 0 Å². The van der Waals surface area contributed by atoms with E-state index in [0.717, 1.165) is 50.2 Å². The molecule has 0 N–H and O–H groups in total. The Morgan fingerprint density at radius 3 is 2.17 bits per heavy atom. The molecule has 1 aliphatic rings. The van der Waals surface area contributed by atoms with E-state index < -0.39 is 0 Å². The van der Waals surface area contributed by atoms with E-state index in [1.807, 2.05) is 30.3 Å². The molecule has 46 heavy (non-hydrogen) atoms. The molecule has 0 bridgehead atoms. The van der Waals surface area contributed by atoms with E-state index in [4.69, 9.17) is 4.74 Å². The molecule has 4 nitrogen and oxygen atoms in total. The molecule has 0 atom stereocenters. The molecule has 226 valence electrons. The van der Waals surface area contributed by atoms with Crippen molar-refractivity contribution in [3.05, 3.63) is 158 Å². The summed E-state index contributed by atoms with van der Waals surface area (Å²) in [5.41, 5.74) is 8.71. The molecule has 1 aromatic heterocycles. The van der Waals surface area contributed by atoms with Crippen LogP contribution in [-0.2, 0) is 26.5 Å². The summed E-state index contributed by atoms with van der Waals surface area (Å²) >= 11 is 0. The molecule has 5 heteroatoms. The molecule has 0 aliphatic carbocycles. The van der Waals surface area contributed by atoms with Crippen molar-refractivity contribution in [1.29, 1.82) is 0 Å². The van der Waals surface area contributed by atoms with Gasteiger partial charge in [-0.2, -0.15) is 29.8 Å². The zero-order valence-corrected chi connectivity index (χ0v) is 28.0. The third-order valence-electron chi connectivity index (χ3n) is 8.37. The Balaban J connectivity index is 0.00000338. The van der Waals surface area contributed by atoms with E-state index in [1.54, 1.807) is 0 Å². The van der Waals surface area contributed by atoms with Gasteiger partial charge >= 0.3 is 21.1 Å². The minimum atomic E-state index is 0. The first-order valence-corrected chi connectivity index (χ1v) is 15.2. The average molecular weight is 777 g/mol. The first-order valence-electron chi connectivity index (χ1n) is 15.2. The largest absolute Gasteiger partial charge is 4.00 e. The predicted molar refractivity (Wildman–Crippen MR) is 184 cm³/mol. The third-order valence-corrected chi connectivity index (χ3v) is 8.37. The Bertz CT molecular complexity index is 2180. The topological polar surface area (TPSA) is 20.6 Å². The fourth-order valence-electron chi connectivity index (χ4n) is 6.11. The van der Waals surface area contributed by atoms with E-state index in [-0.39, 0.29) is 26.5 Å². The molecule has 0 saturated heterocycles. The normalized spacial score (nSPS) is 12.8. The molecule has 8 rings (SSSR count). The van der Waals surface area contributed by atoms with Gasteiger partial charge in [-0.1, -0.05) is 85.9 Å². The van der Waals surface area contributed by atoms with Crippen molar-refractivity contribution in [1.82, 2.24) is 4.57 Å². The predicted octanol–water partition coefficient (Wildman–Crippen LogP) is 10.7. The standard InChI is InChI=1S/C41H31N3O.Pt/c1-41(2,3)29-13-11-17-32(25-29)44-37-20-8-7-19-35(37)36-27-34(23-24-38(36)44)45-33-18-12-16-31(26-33)43-28-42(30-14-5-4-6-15-30)39-21-9-10-22-40(39)43;/h4-16,18-22,24-25,27-28H,1-3H3;/q-4;+4. The van der Waals surface area contributed by atoms with Gasteiger partial charge in [-0.3, -0.25) is 0 Å². The summed E-state index contributed by atoms with van der Waals surface area (Å²) in [6.45, 7) is 8.82.